The molecule has 0 atom stereocenters. The number of hydrogen-bond donors (Lipinski definition) is 1. The summed E-state index contributed by atoms with van der Waals surface area (Å²) in [6.45, 7) is 1.97. The quantitative estimate of drug-likeness (QED) is 0.610. The number of aryl methyl sites for hydroxylation is 1. The van der Waals surface area contributed by atoms with Gasteiger partial charge < -0.3 is 4.90 Å². The van der Waals surface area contributed by atoms with Gasteiger partial charge in [-0.05, 0) is 57.2 Å². The van der Waals surface area contributed by atoms with E-state index in [-0.39, 0.29) is 31.8 Å². The van der Waals surface area contributed by atoms with Gasteiger partial charge in [-0.3, -0.25) is 14.6 Å². The monoisotopic (exact) mass is 458 g/mol. The first-order valence-electron chi connectivity index (χ1n) is 11.2. The molecule has 3 heterocycles. The Labute approximate surface area is 189 Å². The van der Waals surface area contributed by atoms with Crippen molar-refractivity contribution < 1.29 is 18.0 Å². The number of amides is 1. The van der Waals surface area contributed by atoms with Crippen LogP contribution in [0, 0.1) is 12.8 Å². The Morgan fingerprint density at radius 3 is 2.48 bits per heavy atom. The van der Waals surface area contributed by atoms with Crippen molar-refractivity contribution in [1.29, 1.82) is 0 Å². The fraction of sp³-hybridized carbons (Fsp3) is 0.478. The van der Waals surface area contributed by atoms with Crippen molar-refractivity contribution in [3.05, 3.63) is 41.9 Å². The normalized spacial score (nSPS) is 17.9. The number of piperidine rings is 1. The third-order valence-electron chi connectivity index (χ3n) is 6.68. The highest BCUT2D eigenvalue weighted by atomic mass is 19.4. The van der Waals surface area contributed by atoms with Gasteiger partial charge in [0.2, 0.25) is 0 Å². The lowest BCUT2D eigenvalue weighted by Crippen LogP contribution is -2.42. The first-order chi connectivity index (χ1) is 15.8. The van der Waals surface area contributed by atoms with E-state index in [9.17, 15) is 18.0 Å². The zero-order valence-corrected chi connectivity index (χ0v) is 18.3. The molecule has 1 saturated carbocycles. The molecule has 2 aliphatic rings. The van der Waals surface area contributed by atoms with Crippen LogP contribution in [-0.4, -0.2) is 55.0 Å². The fourth-order valence-corrected chi connectivity index (χ4v) is 4.47. The molecule has 0 unspecified atom stereocenters. The number of carbonyl (C=O) groups excluding carboxylic acids is 1. The number of nitrogens with zero attached hydrogens (tertiary/aromatic N) is 5. The molecule has 0 spiro atoms. The van der Waals surface area contributed by atoms with Crippen LogP contribution in [0.25, 0.3) is 22.6 Å². The summed E-state index contributed by atoms with van der Waals surface area (Å²) in [7, 11) is 0. The van der Waals surface area contributed by atoms with Gasteiger partial charge in [0.15, 0.2) is 5.82 Å². The standard InChI is InChI=1S/C23H25F3N6O/c1-14-27-21(29-28-14)15-5-6-18(22(33)31-10-7-16(8-11-31)23(24,25)26)19(13-15)20-9-12-32(30-20)17-3-2-4-17/h5-6,9,12-13,16-17H,2-4,7-8,10-11H2,1H3,(H,27,28,29). The van der Waals surface area contributed by atoms with Crippen LogP contribution in [0.3, 0.4) is 0 Å². The minimum atomic E-state index is -4.22. The van der Waals surface area contributed by atoms with E-state index in [0.29, 0.717) is 34.5 Å². The Morgan fingerprint density at radius 1 is 1.12 bits per heavy atom. The largest absolute Gasteiger partial charge is 0.391 e. The lowest BCUT2D eigenvalue weighted by atomic mass is 9.93. The molecule has 1 aromatic carbocycles. The fourth-order valence-electron chi connectivity index (χ4n) is 4.47. The van der Waals surface area contributed by atoms with Crippen molar-refractivity contribution in [2.24, 2.45) is 5.92 Å². The molecule has 1 N–H and O–H groups in total. The SMILES string of the molecule is Cc1nc(-c2ccc(C(=O)N3CCC(C(F)(F)F)CC3)c(-c3ccn(C4CCC4)n3)c2)n[nH]1. The Kier molecular flexibility index (Phi) is 5.46. The highest BCUT2D eigenvalue weighted by Crippen LogP contribution is 2.36. The maximum atomic E-state index is 13.4. The van der Waals surface area contributed by atoms with Gasteiger partial charge in [0.05, 0.1) is 17.7 Å². The highest BCUT2D eigenvalue weighted by Gasteiger charge is 2.42. The van der Waals surface area contributed by atoms with Gasteiger partial charge in [0.25, 0.3) is 5.91 Å². The maximum absolute atomic E-state index is 13.4. The molecule has 1 amide bonds. The number of rotatable bonds is 4. The molecule has 2 fully saturated rings. The molecule has 33 heavy (non-hydrogen) atoms. The van der Waals surface area contributed by atoms with Crippen LogP contribution >= 0.6 is 0 Å². The number of nitrogens with one attached hydrogen (secondary N) is 1. The van der Waals surface area contributed by atoms with Crippen molar-refractivity contribution in [3.63, 3.8) is 0 Å². The second kappa shape index (κ2) is 8.31. The Hall–Kier alpha value is -3.17. The van der Waals surface area contributed by atoms with Gasteiger partial charge >= 0.3 is 6.18 Å². The number of benzene rings is 1. The average molecular weight is 458 g/mol. The molecule has 1 saturated heterocycles. The van der Waals surface area contributed by atoms with Crippen molar-refractivity contribution in [1.82, 2.24) is 29.9 Å². The zero-order chi connectivity index (χ0) is 23.2. The predicted octanol–water partition coefficient (Wildman–Crippen LogP) is 4.78. The summed E-state index contributed by atoms with van der Waals surface area (Å²) in [6, 6.07) is 7.57. The molecule has 1 aliphatic carbocycles. The van der Waals surface area contributed by atoms with Crippen molar-refractivity contribution in [3.8, 4) is 22.6 Å². The Balaban J connectivity index is 1.47. The second-order valence-corrected chi connectivity index (χ2v) is 8.88. The molecule has 3 aromatic rings. The first-order valence-corrected chi connectivity index (χ1v) is 11.2. The molecular formula is C23H25F3N6O. The van der Waals surface area contributed by atoms with Gasteiger partial charge in [-0.1, -0.05) is 6.07 Å². The Morgan fingerprint density at radius 2 is 1.88 bits per heavy atom. The average Bonchev–Trinajstić information content (AvgIpc) is 3.41. The molecule has 174 valence electrons. The number of hydrogen-bond acceptors (Lipinski definition) is 4. The lowest BCUT2D eigenvalue weighted by Gasteiger charge is -2.33. The predicted molar refractivity (Wildman–Crippen MR) is 115 cm³/mol. The summed E-state index contributed by atoms with van der Waals surface area (Å²) in [6.07, 6.45) is 0.897. The third kappa shape index (κ3) is 4.26. The molecule has 7 nitrogen and oxygen atoms in total. The highest BCUT2D eigenvalue weighted by molar-refractivity contribution is 6.01. The number of H-pyrrole nitrogens is 1. The molecule has 10 heteroatoms. The van der Waals surface area contributed by atoms with Crippen LogP contribution < -0.4 is 0 Å². The molecule has 0 radical (unpaired) electrons. The van der Waals surface area contributed by atoms with Crippen LogP contribution in [0.5, 0.6) is 0 Å². The number of likely N-dealkylation sites (tertiary alicyclic amines) is 1. The summed E-state index contributed by atoms with van der Waals surface area (Å²) in [5.74, 6) is -0.442. The van der Waals surface area contributed by atoms with E-state index >= 15 is 0 Å². The summed E-state index contributed by atoms with van der Waals surface area (Å²) in [5.41, 5.74) is 2.45. The van der Waals surface area contributed by atoms with E-state index in [1.165, 1.54) is 11.3 Å². The van der Waals surface area contributed by atoms with Gasteiger partial charge in [-0.25, -0.2) is 4.98 Å². The lowest BCUT2D eigenvalue weighted by molar-refractivity contribution is -0.183. The summed E-state index contributed by atoms with van der Waals surface area (Å²) >= 11 is 0. The van der Waals surface area contributed by atoms with E-state index in [4.69, 9.17) is 5.10 Å². The van der Waals surface area contributed by atoms with Gasteiger partial charge in [-0.15, -0.1) is 0 Å². The smallest absolute Gasteiger partial charge is 0.339 e. The van der Waals surface area contributed by atoms with Crippen molar-refractivity contribution >= 4 is 5.91 Å². The van der Waals surface area contributed by atoms with Gasteiger partial charge in [0.1, 0.15) is 5.82 Å². The van der Waals surface area contributed by atoms with Gasteiger partial charge in [0, 0.05) is 36.0 Å². The number of aromatic amines is 1. The van der Waals surface area contributed by atoms with E-state index in [2.05, 4.69) is 15.2 Å². The summed E-state index contributed by atoms with van der Waals surface area (Å²) in [5, 5.41) is 11.8. The minimum absolute atomic E-state index is 0.0740. The summed E-state index contributed by atoms with van der Waals surface area (Å²) in [4.78, 5) is 19.3. The molecular weight excluding hydrogens is 433 g/mol. The van der Waals surface area contributed by atoms with E-state index in [1.54, 1.807) is 19.1 Å². The van der Waals surface area contributed by atoms with Crippen LogP contribution in [0.4, 0.5) is 13.2 Å². The van der Waals surface area contributed by atoms with E-state index in [0.717, 1.165) is 18.4 Å². The van der Waals surface area contributed by atoms with Crippen LogP contribution in [0.1, 0.15) is 54.3 Å². The molecule has 0 bridgehead atoms. The molecule has 5 rings (SSSR count). The summed E-state index contributed by atoms with van der Waals surface area (Å²) < 4.78 is 41.1. The maximum Gasteiger partial charge on any atom is 0.391 e. The molecule has 1 aliphatic heterocycles. The van der Waals surface area contributed by atoms with Crippen LogP contribution in [0.2, 0.25) is 0 Å². The van der Waals surface area contributed by atoms with Crippen LogP contribution in [-0.2, 0) is 0 Å². The van der Waals surface area contributed by atoms with Crippen LogP contribution in [0.15, 0.2) is 30.5 Å². The van der Waals surface area contributed by atoms with E-state index < -0.39 is 12.1 Å². The number of carbonyl (C=O) groups is 1. The van der Waals surface area contributed by atoms with Gasteiger partial charge in [-0.2, -0.15) is 23.4 Å². The van der Waals surface area contributed by atoms with Crippen molar-refractivity contribution in [2.45, 2.75) is 51.2 Å². The first kappa shape index (κ1) is 21.7. The number of aromatic nitrogens is 5. The zero-order valence-electron chi connectivity index (χ0n) is 18.3. The second-order valence-electron chi connectivity index (χ2n) is 8.88. The topological polar surface area (TPSA) is 79.7 Å². The minimum Gasteiger partial charge on any atom is -0.339 e. The molecule has 2 aromatic heterocycles. The Bertz CT molecular complexity index is 1160. The van der Waals surface area contributed by atoms with Crippen molar-refractivity contribution in [2.75, 3.05) is 13.1 Å². The third-order valence-corrected chi connectivity index (χ3v) is 6.68. The number of alkyl halides is 3. The number of halogens is 3. The van der Waals surface area contributed by atoms with E-state index in [1.807, 2.05) is 23.0 Å².